The Kier molecular flexibility index (Phi) is 2.62. The van der Waals surface area contributed by atoms with Crippen molar-refractivity contribution in [3.63, 3.8) is 0 Å². The Morgan fingerprint density at radius 1 is 1.31 bits per heavy atom. The van der Waals surface area contributed by atoms with Crippen LogP contribution in [0.5, 0.6) is 5.75 Å². The maximum Gasteiger partial charge on any atom is 0.208 e. The predicted octanol–water partition coefficient (Wildman–Crippen LogP) is 2.91. The monoisotopic (exact) mass is 306 g/mol. The van der Waals surface area contributed by atoms with Crippen LogP contribution in [0.3, 0.4) is 0 Å². The number of hydrogen-bond acceptors (Lipinski definition) is 2. The zero-order chi connectivity index (χ0) is 9.31. The highest BCUT2D eigenvalue weighted by molar-refractivity contribution is 9.25. The molecule has 1 heterocycles. The van der Waals surface area contributed by atoms with Crippen LogP contribution in [0.1, 0.15) is 0 Å². The minimum absolute atomic E-state index is 0.0905. The second-order valence-corrected chi connectivity index (χ2v) is 6.21. The molecule has 0 aliphatic carbocycles. The molecule has 1 unspecified atom stereocenters. The van der Waals surface area contributed by atoms with Gasteiger partial charge in [-0.05, 0) is 44.0 Å². The molecule has 1 fully saturated rings. The molecule has 13 heavy (non-hydrogen) atoms. The highest BCUT2D eigenvalue weighted by atomic mass is 79.9. The number of halogens is 2. The normalized spacial score (nSPS) is 24.0. The molecule has 4 heteroatoms. The van der Waals surface area contributed by atoms with Crippen molar-refractivity contribution < 1.29 is 9.47 Å². The number of epoxide rings is 1. The van der Waals surface area contributed by atoms with Crippen molar-refractivity contribution >= 4 is 31.9 Å². The molecule has 2 rings (SSSR count). The zero-order valence-corrected chi connectivity index (χ0v) is 9.92. The second kappa shape index (κ2) is 3.59. The minimum Gasteiger partial charge on any atom is -0.491 e. The smallest absolute Gasteiger partial charge is 0.208 e. The Balaban J connectivity index is 1.82. The Morgan fingerprint density at radius 3 is 2.46 bits per heavy atom. The van der Waals surface area contributed by atoms with E-state index in [2.05, 4.69) is 31.9 Å². The third kappa shape index (κ3) is 2.45. The predicted molar refractivity (Wildman–Crippen MR) is 57.4 cm³/mol. The molecule has 0 bridgehead atoms. The number of ether oxygens (including phenoxy) is 2. The molecule has 0 radical (unpaired) electrons. The third-order valence-electron chi connectivity index (χ3n) is 1.76. The zero-order valence-electron chi connectivity index (χ0n) is 6.74. The highest BCUT2D eigenvalue weighted by Gasteiger charge is 2.53. The van der Waals surface area contributed by atoms with Crippen molar-refractivity contribution in [2.45, 2.75) is 9.52 Å². The van der Waals surface area contributed by atoms with Gasteiger partial charge in [-0.2, -0.15) is 0 Å². The van der Waals surface area contributed by atoms with Gasteiger partial charge in [-0.3, -0.25) is 0 Å². The summed E-state index contributed by atoms with van der Waals surface area (Å²) in [4.78, 5) is 0. The number of rotatable bonds is 3. The van der Waals surface area contributed by atoms with Crippen molar-refractivity contribution in [1.82, 2.24) is 0 Å². The molecule has 0 aromatic heterocycles. The van der Waals surface area contributed by atoms with E-state index >= 15 is 0 Å². The lowest BCUT2D eigenvalue weighted by Crippen LogP contribution is -2.08. The van der Waals surface area contributed by atoms with Crippen LogP contribution in [0.2, 0.25) is 0 Å². The summed E-state index contributed by atoms with van der Waals surface area (Å²) >= 11 is 6.68. The van der Waals surface area contributed by atoms with Crippen LogP contribution < -0.4 is 4.74 Å². The molecule has 0 spiro atoms. The first-order valence-electron chi connectivity index (χ1n) is 3.92. The largest absolute Gasteiger partial charge is 0.491 e. The van der Waals surface area contributed by atoms with Crippen molar-refractivity contribution in [2.24, 2.45) is 0 Å². The number of hydrogen-bond donors (Lipinski definition) is 0. The molecule has 2 nitrogen and oxygen atoms in total. The van der Waals surface area contributed by atoms with Crippen LogP contribution in [-0.4, -0.2) is 16.1 Å². The van der Waals surface area contributed by atoms with E-state index in [1.54, 1.807) is 0 Å². The van der Waals surface area contributed by atoms with Crippen molar-refractivity contribution in [3.05, 3.63) is 30.3 Å². The van der Waals surface area contributed by atoms with E-state index in [4.69, 9.17) is 9.47 Å². The molecule has 70 valence electrons. The van der Waals surface area contributed by atoms with Crippen LogP contribution >= 0.6 is 31.9 Å². The maximum absolute atomic E-state index is 5.48. The molecule has 1 atom stereocenters. The summed E-state index contributed by atoms with van der Waals surface area (Å²) in [7, 11) is 0. The molecule has 1 aliphatic heterocycles. The van der Waals surface area contributed by atoms with E-state index in [9.17, 15) is 0 Å². The van der Waals surface area contributed by atoms with Crippen LogP contribution in [0, 0.1) is 0 Å². The average molecular weight is 308 g/mol. The molecule has 1 aromatic rings. The van der Waals surface area contributed by atoms with E-state index in [1.807, 2.05) is 30.3 Å². The van der Waals surface area contributed by atoms with Gasteiger partial charge in [-0.25, -0.2) is 0 Å². The van der Waals surface area contributed by atoms with Gasteiger partial charge in [0.2, 0.25) is 3.42 Å². The first kappa shape index (κ1) is 9.49. The summed E-state index contributed by atoms with van der Waals surface area (Å²) in [5.41, 5.74) is 0. The van der Waals surface area contributed by atoms with Gasteiger partial charge in [0.15, 0.2) is 0 Å². The van der Waals surface area contributed by atoms with Gasteiger partial charge >= 0.3 is 0 Å². The highest BCUT2D eigenvalue weighted by Crippen LogP contribution is 2.48. The number of para-hydroxylation sites is 1. The van der Waals surface area contributed by atoms with Gasteiger partial charge < -0.3 is 9.47 Å². The van der Waals surface area contributed by atoms with Crippen molar-refractivity contribution in [1.29, 1.82) is 0 Å². The van der Waals surface area contributed by atoms with Crippen LogP contribution in [0.25, 0.3) is 0 Å². The standard InChI is InChI=1S/C9H8Br2O2/c10-9(11)8(13-9)6-12-7-4-2-1-3-5-7/h1-5,8H,6H2. The Morgan fingerprint density at radius 2 is 1.92 bits per heavy atom. The summed E-state index contributed by atoms with van der Waals surface area (Å²) in [6, 6.07) is 9.69. The van der Waals surface area contributed by atoms with Gasteiger partial charge in [0, 0.05) is 0 Å². The lowest BCUT2D eigenvalue weighted by Gasteiger charge is -2.02. The fourth-order valence-corrected chi connectivity index (χ4v) is 1.69. The van der Waals surface area contributed by atoms with Crippen molar-refractivity contribution in [3.8, 4) is 5.75 Å². The fraction of sp³-hybridized carbons (Fsp3) is 0.333. The molecule has 0 N–H and O–H groups in total. The maximum atomic E-state index is 5.48. The van der Waals surface area contributed by atoms with Gasteiger partial charge in [0.05, 0.1) is 0 Å². The molecule has 1 aromatic carbocycles. The molecule has 1 aliphatic rings. The number of benzene rings is 1. The first-order chi connectivity index (χ1) is 6.18. The Hall–Kier alpha value is -0.0600. The topological polar surface area (TPSA) is 21.8 Å². The third-order valence-corrected chi connectivity index (χ3v) is 3.16. The lowest BCUT2D eigenvalue weighted by atomic mass is 10.3. The molecule has 0 amide bonds. The minimum atomic E-state index is -0.352. The summed E-state index contributed by atoms with van der Waals surface area (Å²) < 4.78 is 10.4. The van der Waals surface area contributed by atoms with E-state index in [-0.39, 0.29) is 9.52 Å². The summed E-state index contributed by atoms with van der Waals surface area (Å²) in [6.07, 6.45) is 0.0905. The van der Waals surface area contributed by atoms with Crippen molar-refractivity contribution in [2.75, 3.05) is 6.61 Å². The van der Waals surface area contributed by atoms with Crippen LogP contribution in [0.15, 0.2) is 30.3 Å². The van der Waals surface area contributed by atoms with E-state index in [1.165, 1.54) is 0 Å². The van der Waals surface area contributed by atoms with Crippen LogP contribution in [0.4, 0.5) is 0 Å². The van der Waals surface area contributed by atoms with Gasteiger partial charge in [0.1, 0.15) is 18.5 Å². The first-order valence-corrected chi connectivity index (χ1v) is 5.50. The van der Waals surface area contributed by atoms with E-state index < -0.39 is 0 Å². The van der Waals surface area contributed by atoms with E-state index in [0.717, 1.165) is 5.75 Å². The van der Waals surface area contributed by atoms with E-state index in [0.29, 0.717) is 6.61 Å². The SMILES string of the molecule is BrC1(Br)OC1COc1ccccc1. The molecular weight excluding hydrogens is 300 g/mol. The van der Waals surface area contributed by atoms with Gasteiger partial charge in [0.25, 0.3) is 0 Å². The summed E-state index contributed by atoms with van der Waals surface area (Å²) in [5, 5.41) is 0. The van der Waals surface area contributed by atoms with Gasteiger partial charge in [-0.15, -0.1) is 0 Å². The average Bonchev–Trinajstić information content (AvgIpc) is 2.73. The second-order valence-electron chi connectivity index (χ2n) is 2.79. The van der Waals surface area contributed by atoms with Crippen LogP contribution in [-0.2, 0) is 4.74 Å². The quantitative estimate of drug-likeness (QED) is 0.632. The number of alkyl halides is 2. The summed E-state index contributed by atoms with van der Waals surface area (Å²) in [5.74, 6) is 0.869. The Labute approximate surface area is 93.5 Å². The molecule has 1 saturated heterocycles. The van der Waals surface area contributed by atoms with Gasteiger partial charge in [-0.1, -0.05) is 18.2 Å². The fourth-order valence-electron chi connectivity index (χ4n) is 0.975. The lowest BCUT2D eigenvalue weighted by molar-refractivity contribution is 0.262. The Bertz CT molecular complexity index is 287. The molecule has 0 saturated carbocycles. The molecular formula is C9H8Br2O2. The summed E-state index contributed by atoms with van der Waals surface area (Å²) in [6.45, 7) is 0.556.